The fourth-order valence-electron chi connectivity index (χ4n) is 6.05. The first-order valence-corrected chi connectivity index (χ1v) is 14.5. The highest BCUT2D eigenvalue weighted by molar-refractivity contribution is 6.26. The van der Waals surface area contributed by atoms with Gasteiger partial charge in [-0.15, -0.1) is 0 Å². The average Bonchev–Trinajstić information content (AvgIpc) is 3.42. The van der Waals surface area contributed by atoms with Crippen molar-refractivity contribution >= 4 is 27.8 Å². The summed E-state index contributed by atoms with van der Waals surface area (Å²) in [6, 6.07) is 18.1. The quantitative estimate of drug-likeness (QED) is 0.129. The molecule has 52 heavy (non-hydrogen) atoms. The van der Waals surface area contributed by atoms with Crippen LogP contribution >= 0.6 is 0 Å². The summed E-state index contributed by atoms with van der Waals surface area (Å²) >= 11 is 0. The predicted octanol–water partition coefficient (Wildman–Crippen LogP) is 7.73. The summed E-state index contributed by atoms with van der Waals surface area (Å²) in [6.45, 7) is 0. The van der Waals surface area contributed by atoms with Gasteiger partial charge in [-0.2, -0.15) is 57.6 Å². The normalized spacial score (nSPS) is 11.9. The maximum Gasteiger partial charge on any atom is 0.417 e. The number of hydrogen-bond acceptors (Lipinski definition) is 10. The van der Waals surface area contributed by atoms with Crippen LogP contribution in [0.2, 0.25) is 0 Å². The zero-order chi connectivity index (χ0) is 37.1. The van der Waals surface area contributed by atoms with Gasteiger partial charge in [0.15, 0.2) is 22.8 Å². The molecule has 0 unspecified atom stereocenters. The standard InChI is InChI=1S/C36H10F6N10/c37-35(38,39)24-9-20-21-10-25(36(40,41)42)19(17-2-4-27-29(6-17)52-33(14-46)31(12-44)50-27)8-23(21)34(48-15-47)22(20)7-18(24)16-1-3-26-28(5-16)51-32(13-45)30(11-43)49-26/h1-10H. The molecule has 0 atom stereocenters. The molecule has 2 aromatic heterocycles. The summed E-state index contributed by atoms with van der Waals surface area (Å²) in [6.07, 6.45) is -8.45. The van der Waals surface area contributed by atoms with Crippen molar-refractivity contribution in [2.24, 2.45) is 4.99 Å². The largest absolute Gasteiger partial charge is 0.417 e. The van der Waals surface area contributed by atoms with Gasteiger partial charge in [0.1, 0.15) is 24.3 Å². The molecule has 0 spiro atoms. The molecule has 10 nitrogen and oxygen atoms in total. The van der Waals surface area contributed by atoms with Gasteiger partial charge < -0.3 is 0 Å². The monoisotopic (exact) mass is 696 g/mol. The zero-order valence-corrected chi connectivity index (χ0v) is 25.5. The second-order valence-corrected chi connectivity index (χ2v) is 11.1. The molecular weight excluding hydrogens is 686 g/mol. The molecule has 0 amide bonds. The van der Waals surface area contributed by atoms with Crippen LogP contribution in [-0.4, -0.2) is 25.6 Å². The molecule has 0 saturated carbocycles. The topological polar surface area (TPSA) is 183 Å². The molecular formula is C36H10F6N10. The van der Waals surface area contributed by atoms with E-state index in [9.17, 15) is 52.7 Å². The zero-order valence-electron chi connectivity index (χ0n) is 25.5. The number of rotatable bonds is 2. The van der Waals surface area contributed by atoms with Gasteiger partial charge in [0, 0.05) is 11.1 Å². The minimum atomic E-state index is -5.02. The maximum atomic E-state index is 14.7. The van der Waals surface area contributed by atoms with Crippen LogP contribution in [0.1, 0.15) is 45.0 Å². The number of hydrogen-bond donors (Lipinski definition) is 0. The number of aliphatic imine (C=N–C) groups is 1. The van der Waals surface area contributed by atoms with Crippen molar-refractivity contribution in [3.05, 3.63) is 106 Å². The molecule has 0 fully saturated rings. The van der Waals surface area contributed by atoms with Crippen molar-refractivity contribution < 1.29 is 26.3 Å². The maximum absolute atomic E-state index is 14.7. The van der Waals surface area contributed by atoms with E-state index in [-0.39, 0.29) is 83.9 Å². The van der Waals surface area contributed by atoms with Gasteiger partial charge in [-0.1, -0.05) is 12.1 Å². The number of nitriles is 5. The predicted molar refractivity (Wildman–Crippen MR) is 169 cm³/mol. The van der Waals surface area contributed by atoms with Crippen LogP contribution in [0.25, 0.3) is 55.4 Å². The SMILES string of the molecule is N#CN=C1c2cc(-c3ccc4nc(C#N)c(C#N)nc4c3)c(C(F)(F)F)cc2-c2cc(C(F)(F)F)c(-c3ccc4nc(C#N)c(C#N)nc4c3)cc21. The van der Waals surface area contributed by atoms with E-state index >= 15 is 0 Å². The van der Waals surface area contributed by atoms with E-state index in [4.69, 9.17) is 0 Å². The summed E-state index contributed by atoms with van der Waals surface area (Å²) in [5.41, 5.74) is -5.19. The van der Waals surface area contributed by atoms with Gasteiger partial charge in [0.2, 0.25) is 6.19 Å². The van der Waals surface area contributed by atoms with Gasteiger partial charge in [-0.25, -0.2) is 19.9 Å². The van der Waals surface area contributed by atoms with Crippen molar-refractivity contribution in [3.8, 4) is 63.9 Å². The van der Waals surface area contributed by atoms with Crippen LogP contribution in [-0.2, 0) is 12.4 Å². The second kappa shape index (κ2) is 11.7. The number of alkyl halides is 6. The highest BCUT2D eigenvalue weighted by atomic mass is 19.4. The lowest BCUT2D eigenvalue weighted by Crippen LogP contribution is -2.09. The van der Waals surface area contributed by atoms with Crippen LogP contribution in [0.4, 0.5) is 26.3 Å². The Hall–Kier alpha value is -7.74. The summed E-state index contributed by atoms with van der Waals surface area (Å²) in [5.74, 6) is 0. The van der Waals surface area contributed by atoms with Crippen LogP contribution in [0.15, 0.2) is 65.7 Å². The van der Waals surface area contributed by atoms with Crippen LogP contribution in [0.5, 0.6) is 0 Å². The molecule has 0 radical (unpaired) electrons. The van der Waals surface area contributed by atoms with Crippen LogP contribution < -0.4 is 0 Å². The lowest BCUT2D eigenvalue weighted by molar-refractivity contribution is -0.138. The first kappa shape index (κ1) is 32.8. The fraction of sp³-hybridized carbons (Fsp3) is 0.0556. The van der Waals surface area contributed by atoms with E-state index in [1.807, 2.05) is 0 Å². The highest BCUT2D eigenvalue weighted by Gasteiger charge is 2.40. The van der Waals surface area contributed by atoms with Crippen LogP contribution in [0.3, 0.4) is 0 Å². The Kier molecular flexibility index (Phi) is 7.38. The number of fused-ring (bicyclic) bond motifs is 5. The molecule has 7 rings (SSSR count). The Bertz CT molecular complexity index is 2650. The molecule has 1 aliphatic carbocycles. The molecule has 2 heterocycles. The van der Waals surface area contributed by atoms with Gasteiger partial charge >= 0.3 is 12.4 Å². The minimum Gasteiger partial charge on any atom is -0.232 e. The molecule has 0 N–H and O–H groups in total. The van der Waals surface area contributed by atoms with E-state index in [2.05, 4.69) is 24.9 Å². The molecule has 0 saturated heterocycles. The first-order chi connectivity index (χ1) is 24.8. The molecule has 1 aliphatic rings. The Balaban J connectivity index is 1.47. The smallest absolute Gasteiger partial charge is 0.232 e. The number of benzene rings is 4. The van der Waals surface area contributed by atoms with Crippen molar-refractivity contribution in [2.75, 3.05) is 0 Å². The Morgan fingerprint density at radius 2 is 0.808 bits per heavy atom. The first-order valence-electron chi connectivity index (χ1n) is 14.5. The van der Waals surface area contributed by atoms with E-state index < -0.39 is 34.6 Å². The summed E-state index contributed by atoms with van der Waals surface area (Å²) in [4.78, 5) is 20.0. The second-order valence-electron chi connectivity index (χ2n) is 11.1. The van der Waals surface area contributed by atoms with E-state index in [0.717, 1.165) is 12.1 Å². The van der Waals surface area contributed by atoms with Crippen LogP contribution in [0, 0.1) is 56.8 Å². The number of aromatic nitrogens is 4. The van der Waals surface area contributed by atoms with Gasteiger partial charge in [0.05, 0.1) is 38.9 Å². The van der Waals surface area contributed by atoms with Crippen molar-refractivity contribution in [1.29, 1.82) is 26.3 Å². The summed E-state index contributed by atoms with van der Waals surface area (Å²) < 4.78 is 88.3. The lowest BCUT2D eigenvalue weighted by Gasteiger charge is -2.17. The lowest BCUT2D eigenvalue weighted by atomic mass is 9.91. The number of nitrogens with zero attached hydrogens (tertiary/aromatic N) is 10. The molecule has 0 bridgehead atoms. The number of halogens is 6. The Morgan fingerprint density at radius 3 is 1.13 bits per heavy atom. The molecule has 246 valence electrons. The molecule has 0 aliphatic heterocycles. The third-order valence-corrected chi connectivity index (χ3v) is 8.26. The molecule has 6 aromatic rings. The Morgan fingerprint density at radius 1 is 0.442 bits per heavy atom. The Labute approximate surface area is 287 Å². The van der Waals surface area contributed by atoms with Crippen molar-refractivity contribution in [1.82, 2.24) is 19.9 Å². The van der Waals surface area contributed by atoms with E-state index in [0.29, 0.717) is 12.1 Å². The minimum absolute atomic E-state index is 0.00106. The molecule has 4 aromatic carbocycles. The van der Waals surface area contributed by atoms with Crippen molar-refractivity contribution in [3.63, 3.8) is 0 Å². The van der Waals surface area contributed by atoms with Gasteiger partial charge in [-0.3, -0.25) is 0 Å². The fourth-order valence-corrected chi connectivity index (χ4v) is 6.05. The van der Waals surface area contributed by atoms with Gasteiger partial charge in [-0.05, 0) is 81.9 Å². The van der Waals surface area contributed by atoms with Crippen molar-refractivity contribution in [2.45, 2.75) is 12.4 Å². The third kappa shape index (κ3) is 5.23. The van der Waals surface area contributed by atoms with Gasteiger partial charge in [0.25, 0.3) is 0 Å². The third-order valence-electron chi connectivity index (χ3n) is 8.26. The summed E-state index contributed by atoms with van der Waals surface area (Å²) in [7, 11) is 0. The highest BCUT2D eigenvalue weighted by Crippen LogP contribution is 2.49. The molecule has 16 heteroatoms. The van der Waals surface area contributed by atoms with E-state index in [1.54, 1.807) is 30.5 Å². The van der Waals surface area contributed by atoms with E-state index in [1.165, 1.54) is 36.4 Å². The summed E-state index contributed by atoms with van der Waals surface area (Å²) in [5, 5.41) is 46.9. The average molecular weight is 697 g/mol.